The molecule has 3 aromatic rings. The van der Waals surface area contributed by atoms with Gasteiger partial charge in [0.2, 0.25) is 5.91 Å². The van der Waals surface area contributed by atoms with E-state index in [9.17, 15) is 9.59 Å². The van der Waals surface area contributed by atoms with Crippen molar-refractivity contribution in [3.8, 4) is 11.5 Å². The molecule has 0 bridgehead atoms. The maximum Gasteiger partial charge on any atom is 0.410 e. The minimum Gasteiger partial charge on any atom is -0.495 e. The average molecular weight is 627 g/mol. The Morgan fingerprint density at radius 3 is 2.31 bits per heavy atom. The number of imidazole rings is 1. The van der Waals surface area contributed by atoms with Crippen molar-refractivity contribution in [1.82, 2.24) is 19.8 Å². The van der Waals surface area contributed by atoms with Crippen LogP contribution in [0.5, 0.6) is 11.5 Å². The summed E-state index contributed by atoms with van der Waals surface area (Å²) in [5.74, 6) is 2.51. The van der Waals surface area contributed by atoms with E-state index in [1.807, 2.05) is 32.9 Å². The number of hydrogen-bond donors (Lipinski definition) is 3. The molecule has 5 rings (SSSR count). The number of hydrogen-bond acceptors (Lipinski definition) is 8. The number of benzene rings is 2. The quantitative estimate of drug-likeness (QED) is 0.273. The number of anilines is 2. The summed E-state index contributed by atoms with van der Waals surface area (Å²) >= 11 is 0. The van der Waals surface area contributed by atoms with Crippen LogP contribution in [0.1, 0.15) is 73.1 Å². The van der Waals surface area contributed by atoms with Gasteiger partial charge in [0.1, 0.15) is 28.4 Å². The van der Waals surface area contributed by atoms with Crippen LogP contribution in [0.3, 0.4) is 0 Å². The molecule has 0 aliphatic carbocycles. The van der Waals surface area contributed by atoms with Crippen LogP contribution in [-0.4, -0.2) is 84.8 Å². The van der Waals surface area contributed by atoms with Gasteiger partial charge < -0.3 is 40.0 Å². The van der Waals surface area contributed by atoms with Crippen LogP contribution < -0.4 is 20.5 Å². The van der Waals surface area contributed by atoms with Gasteiger partial charge in [-0.3, -0.25) is 4.79 Å². The van der Waals surface area contributed by atoms with Crippen molar-refractivity contribution < 1.29 is 23.8 Å². The lowest BCUT2D eigenvalue weighted by Gasteiger charge is -2.33. The number of ether oxygens (including phenoxy) is 3. The molecule has 2 atom stereocenters. The fourth-order valence-electron chi connectivity index (χ4n) is 5.52. The summed E-state index contributed by atoms with van der Waals surface area (Å²) in [6.07, 6.45) is 3.55. The number of H-pyrrole nitrogens is 1. The number of nitrogens with one attached hydrogen (secondary N) is 2. The van der Waals surface area contributed by atoms with Gasteiger partial charge in [-0.25, -0.2) is 9.78 Å². The van der Waals surface area contributed by atoms with E-state index < -0.39 is 5.60 Å². The lowest BCUT2D eigenvalue weighted by Crippen LogP contribution is -2.45. The van der Waals surface area contributed by atoms with Crippen molar-refractivity contribution in [3.05, 3.63) is 42.2 Å². The predicted octanol–water partition coefficient (Wildman–Crippen LogP) is 6.52. The Labute approximate surface area is 268 Å². The SMILES string of the molecule is C.C.COc1cccc(NC(=O)[C@@H]2CCCN(C(=O)OC(C)(C)C)C2)c1N.COc1cccc2[nH]c([C@@H]3CCCN(C)C3)nc12. The number of amides is 2. The number of nitrogens with two attached hydrogens (primary N) is 1. The van der Waals surface area contributed by atoms with E-state index in [2.05, 4.69) is 28.3 Å². The van der Waals surface area contributed by atoms with Gasteiger partial charge in [-0.15, -0.1) is 0 Å². The Morgan fingerprint density at radius 2 is 1.64 bits per heavy atom. The van der Waals surface area contributed by atoms with Gasteiger partial charge >= 0.3 is 6.09 Å². The smallest absolute Gasteiger partial charge is 0.410 e. The van der Waals surface area contributed by atoms with Gasteiger partial charge in [-0.05, 0) is 84.3 Å². The summed E-state index contributed by atoms with van der Waals surface area (Å²) < 4.78 is 15.9. The van der Waals surface area contributed by atoms with Gasteiger partial charge in [0.05, 0.1) is 37.0 Å². The van der Waals surface area contributed by atoms with Gasteiger partial charge in [0.25, 0.3) is 0 Å². The van der Waals surface area contributed by atoms with Crippen molar-refractivity contribution in [2.45, 2.75) is 72.8 Å². The Morgan fingerprint density at radius 1 is 0.978 bits per heavy atom. The number of rotatable bonds is 5. The first kappa shape index (κ1) is 37.2. The minimum atomic E-state index is -0.554. The molecule has 45 heavy (non-hydrogen) atoms. The van der Waals surface area contributed by atoms with E-state index in [1.54, 1.807) is 30.2 Å². The third kappa shape index (κ3) is 9.75. The second kappa shape index (κ2) is 16.4. The van der Waals surface area contributed by atoms with Gasteiger partial charge in [0, 0.05) is 25.6 Å². The maximum absolute atomic E-state index is 12.6. The number of nitrogens with zero attached hydrogens (tertiary/aromatic N) is 3. The molecule has 0 unspecified atom stereocenters. The number of likely N-dealkylation sites (N-methyl/N-ethyl adjacent to an activating group) is 1. The molecule has 11 heteroatoms. The van der Waals surface area contributed by atoms with E-state index in [1.165, 1.54) is 26.5 Å². The number of fused-ring (bicyclic) bond motifs is 1. The Bertz CT molecular complexity index is 1400. The highest BCUT2D eigenvalue weighted by Gasteiger charge is 2.31. The topological polar surface area (TPSA) is 135 Å². The number of carbonyl (C=O) groups is 2. The second-order valence-electron chi connectivity index (χ2n) is 12.3. The van der Waals surface area contributed by atoms with Crippen molar-refractivity contribution in [3.63, 3.8) is 0 Å². The number of aromatic nitrogens is 2. The van der Waals surface area contributed by atoms with Crippen LogP contribution in [-0.2, 0) is 9.53 Å². The number of carbonyl (C=O) groups excluding carboxylic acids is 2. The maximum atomic E-state index is 12.6. The molecule has 0 radical (unpaired) electrons. The number of aromatic amines is 1. The fraction of sp³-hybridized carbons (Fsp3) is 0.559. The summed E-state index contributed by atoms with van der Waals surface area (Å²) in [7, 11) is 5.39. The highest BCUT2D eigenvalue weighted by molar-refractivity contribution is 5.96. The predicted molar refractivity (Wildman–Crippen MR) is 182 cm³/mol. The first-order valence-electron chi connectivity index (χ1n) is 14.9. The number of likely N-dealkylation sites (tertiary alicyclic amines) is 2. The summed E-state index contributed by atoms with van der Waals surface area (Å²) in [5.41, 5.74) is 8.35. The van der Waals surface area contributed by atoms with E-state index in [4.69, 9.17) is 24.9 Å². The number of methoxy groups -OCH3 is 2. The number of para-hydroxylation sites is 2. The van der Waals surface area contributed by atoms with E-state index in [-0.39, 0.29) is 32.8 Å². The standard InChI is InChI=1S/C18H27N3O4.C14H19N3O.2CH4/c1-18(2,3)25-17(23)21-10-6-7-12(11-21)16(22)20-13-8-5-9-14(24-4)15(13)19;1-17-8-4-5-10(9-17)14-15-11-6-3-7-12(18-2)13(11)16-14;;/h5,8-9,12H,6-7,10-11,19H2,1-4H3,(H,20,22);3,6-7,10H,4-5,8-9H2,1-2H3,(H,15,16);2*1H4/t12-;10-;;/m11../s1. The molecule has 3 heterocycles. The Balaban J connectivity index is 0.000000313. The zero-order valence-electron chi connectivity index (χ0n) is 26.2. The highest BCUT2D eigenvalue weighted by Crippen LogP contribution is 2.31. The van der Waals surface area contributed by atoms with Crippen molar-refractivity contribution >= 4 is 34.4 Å². The molecule has 250 valence electrons. The average Bonchev–Trinajstić information content (AvgIpc) is 3.43. The van der Waals surface area contributed by atoms with E-state index in [0.717, 1.165) is 42.0 Å². The Hall–Kier alpha value is -3.99. The third-order valence-electron chi connectivity index (χ3n) is 7.71. The van der Waals surface area contributed by atoms with Crippen LogP contribution in [0.2, 0.25) is 0 Å². The molecule has 4 N–H and O–H groups in total. The highest BCUT2D eigenvalue weighted by atomic mass is 16.6. The van der Waals surface area contributed by atoms with Gasteiger partial charge in [-0.1, -0.05) is 27.0 Å². The normalized spacial score (nSPS) is 18.4. The van der Waals surface area contributed by atoms with Crippen LogP contribution in [0, 0.1) is 5.92 Å². The molecule has 0 spiro atoms. The summed E-state index contributed by atoms with van der Waals surface area (Å²) in [5, 5.41) is 2.84. The molecule has 2 aliphatic heterocycles. The summed E-state index contributed by atoms with van der Waals surface area (Å²) in [4.78, 5) is 36.9. The lowest BCUT2D eigenvalue weighted by molar-refractivity contribution is -0.121. The molecule has 1 aromatic heterocycles. The zero-order valence-corrected chi connectivity index (χ0v) is 26.2. The summed E-state index contributed by atoms with van der Waals surface area (Å²) in [6, 6.07) is 11.2. The molecular weight excluding hydrogens is 572 g/mol. The molecular formula is C34H54N6O5. The first-order chi connectivity index (χ1) is 20.5. The largest absolute Gasteiger partial charge is 0.495 e. The van der Waals surface area contributed by atoms with Crippen molar-refractivity contribution in [1.29, 1.82) is 0 Å². The van der Waals surface area contributed by atoms with Crippen molar-refractivity contribution in [2.24, 2.45) is 5.92 Å². The van der Waals surface area contributed by atoms with Crippen LogP contribution in [0.15, 0.2) is 36.4 Å². The first-order valence-corrected chi connectivity index (χ1v) is 14.9. The fourth-order valence-corrected chi connectivity index (χ4v) is 5.52. The van der Waals surface area contributed by atoms with E-state index >= 15 is 0 Å². The van der Waals surface area contributed by atoms with E-state index in [0.29, 0.717) is 36.1 Å². The van der Waals surface area contributed by atoms with Crippen LogP contribution >= 0.6 is 0 Å². The zero-order chi connectivity index (χ0) is 31.1. The summed E-state index contributed by atoms with van der Waals surface area (Å²) in [6.45, 7) is 8.69. The monoisotopic (exact) mass is 626 g/mol. The molecule has 2 amide bonds. The van der Waals surface area contributed by atoms with Crippen molar-refractivity contribution in [2.75, 3.05) is 58.5 Å². The molecule has 11 nitrogen and oxygen atoms in total. The number of piperidine rings is 2. The molecule has 2 aliphatic rings. The minimum absolute atomic E-state index is 0. The molecule has 2 saturated heterocycles. The Kier molecular flexibility index (Phi) is 13.5. The second-order valence-corrected chi connectivity index (χ2v) is 12.3. The van der Waals surface area contributed by atoms with Crippen LogP contribution in [0.25, 0.3) is 11.0 Å². The molecule has 2 aromatic carbocycles. The number of nitrogen functional groups attached to an aromatic ring is 1. The van der Waals surface area contributed by atoms with Gasteiger partial charge in [0.15, 0.2) is 0 Å². The van der Waals surface area contributed by atoms with Gasteiger partial charge in [-0.2, -0.15) is 0 Å². The van der Waals surface area contributed by atoms with Crippen LogP contribution in [0.4, 0.5) is 16.2 Å². The molecule has 2 fully saturated rings. The molecule has 0 saturated carbocycles. The lowest BCUT2D eigenvalue weighted by atomic mass is 9.97. The third-order valence-corrected chi connectivity index (χ3v) is 7.71.